The van der Waals surface area contributed by atoms with Crippen molar-refractivity contribution in [3.05, 3.63) is 76.6 Å². The minimum Gasteiger partial charge on any atom is -0.289 e. The zero-order chi connectivity index (χ0) is 25.0. The van der Waals surface area contributed by atoms with Crippen LogP contribution in [-0.4, -0.2) is 43.3 Å². The first-order valence-electron chi connectivity index (χ1n) is 11.4. The molecule has 2 bridgehead atoms. The number of fused-ring (bicyclic) bond motifs is 1. The van der Waals surface area contributed by atoms with Gasteiger partial charge in [-0.05, 0) is 78.5 Å². The molecule has 0 unspecified atom stereocenters. The molecule has 5 nitrogen and oxygen atoms in total. The summed E-state index contributed by atoms with van der Waals surface area (Å²) >= 11 is 0. The molecule has 2 aliphatic carbocycles. The molecule has 1 N–H and O–H groups in total. The van der Waals surface area contributed by atoms with E-state index in [9.17, 15) is 30.8 Å². The Hall–Kier alpha value is -2.56. The number of hydrogen-bond acceptors (Lipinski definition) is 3. The van der Waals surface area contributed by atoms with Crippen molar-refractivity contribution in [1.29, 1.82) is 0 Å². The summed E-state index contributed by atoms with van der Waals surface area (Å²) in [6, 6.07) is 11.1. The fourth-order valence-electron chi connectivity index (χ4n) is 5.84. The van der Waals surface area contributed by atoms with Gasteiger partial charge in [0.1, 0.15) is 12.4 Å². The van der Waals surface area contributed by atoms with Gasteiger partial charge in [-0.2, -0.15) is 30.6 Å². The molecule has 2 aromatic rings. The summed E-state index contributed by atoms with van der Waals surface area (Å²) in [6.45, 7) is -1.71. The first-order chi connectivity index (χ1) is 16.5. The normalized spacial score (nSPS) is 27.9. The molecule has 186 valence electrons. The summed E-state index contributed by atoms with van der Waals surface area (Å²) in [6.07, 6.45) is 0.851. The van der Waals surface area contributed by atoms with E-state index in [0.29, 0.717) is 34.7 Å². The summed E-state index contributed by atoms with van der Waals surface area (Å²) in [5.41, 5.74) is 2.12. The lowest BCUT2D eigenvalue weighted by Crippen LogP contribution is -2.52. The molecule has 1 spiro atoms. The molecular weight excluding hydrogens is 484 g/mol. The molecule has 0 radical (unpaired) electrons. The highest BCUT2D eigenvalue weighted by molar-refractivity contribution is 7.87. The minimum atomic E-state index is -4.62. The molecule has 0 aromatic heterocycles. The number of nitrogens with zero attached hydrogens (tertiary/aromatic N) is 1. The fourth-order valence-corrected chi connectivity index (χ4v) is 7.55. The number of rotatable bonds is 4. The second-order valence-corrected chi connectivity index (χ2v) is 11.3. The van der Waals surface area contributed by atoms with E-state index in [1.807, 2.05) is 6.07 Å². The lowest BCUT2D eigenvalue weighted by molar-refractivity contribution is -0.136. The molecule has 5 rings (SSSR count). The Balaban J connectivity index is 1.38. The van der Waals surface area contributed by atoms with Gasteiger partial charge in [0.15, 0.2) is 5.78 Å². The Bertz CT molecular complexity index is 1290. The number of benzene rings is 2. The number of nitrogens with one attached hydrogen (secondary N) is 1. The van der Waals surface area contributed by atoms with Crippen LogP contribution in [0.3, 0.4) is 0 Å². The van der Waals surface area contributed by atoms with Crippen LogP contribution in [0.2, 0.25) is 0 Å². The van der Waals surface area contributed by atoms with Crippen molar-refractivity contribution in [2.45, 2.75) is 37.4 Å². The smallest absolute Gasteiger partial charge is 0.289 e. The van der Waals surface area contributed by atoms with E-state index in [2.05, 4.69) is 4.72 Å². The summed E-state index contributed by atoms with van der Waals surface area (Å²) in [4.78, 5) is 12.8. The maximum absolute atomic E-state index is 13.1. The Morgan fingerprint density at radius 1 is 1.06 bits per heavy atom. The maximum Gasteiger partial charge on any atom is 0.402 e. The van der Waals surface area contributed by atoms with Gasteiger partial charge < -0.3 is 0 Å². The second-order valence-electron chi connectivity index (χ2n) is 9.64. The Kier molecular flexibility index (Phi) is 5.89. The molecule has 3 aliphatic rings. The third-order valence-electron chi connectivity index (χ3n) is 7.49. The van der Waals surface area contributed by atoms with E-state index in [1.165, 1.54) is 18.2 Å². The van der Waals surface area contributed by atoms with Crippen molar-refractivity contribution >= 4 is 22.1 Å². The van der Waals surface area contributed by atoms with Gasteiger partial charge in [-0.25, -0.2) is 4.39 Å². The van der Waals surface area contributed by atoms with Crippen LogP contribution in [0.15, 0.2) is 48.5 Å². The average Bonchev–Trinajstić information content (AvgIpc) is 3.16. The van der Waals surface area contributed by atoms with Gasteiger partial charge in [-0.15, -0.1) is 0 Å². The molecule has 10 heteroatoms. The van der Waals surface area contributed by atoms with Crippen molar-refractivity contribution in [3.8, 4) is 0 Å². The van der Waals surface area contributed by atoms with E-state index in [1.54, 1.807) is 30.3 Å². The van der Waals surface area contributed by atoms with Crippen molar-refractivity contribution < 1.29 is 30.8 Å². The van der Waals surface area contributed by atoms with Crippen LogP contribution in [0.5, 0.6) is 0 Å². The number of carbonyl (C=O) groups is 1. The van der Waals surface area contributed by atoms with E-state index in [0.717, 1.165) is 17.5 Å². The summed E-state index contributed by atoms with van der Waals surface area (Å²) in [5, 5.41) is 0. The van der Waals surface area contributed by atoms with Crippen LogP contribution in [0, 0.1) is 17.7 Å². The van der Waals surface area contributed by atoms with E-state index in [4.69, 9.17) is 0 Å². The molecule has 1 aliphatic heterocycles. The molecule has 1 saturated carbocycles. The van der Waals surface area contributed by atoms with Gasteiger partial charge in [-0.1, -0.05) is 30.3 Å². The average molecular weight is 509 g/mol. The van der Waals surface area contributed by atoms with Gasteiger partial charge in [0.05, 0.1) is 5.54 Å². The Labute approximate surface area is 201 Å². The predicted molar refractivity (Wildman–Crippen MR) is 122 cm³/mol. The van der Waals surface area contributed by atoms with E-state index >= 15 is 0 Å². The van der Waals surface area contributed by atoms with Crippen molar-refractivity contribution in [3.63, 3.8) is 0 Å². The van der Waals surface area contributed by atoms with Crippen LogP contribution < -0.4 is 4.72 Å². The van der Waals surface area contributed by atoms with Crippen LogP contribution in [0.1, 0.15) is 39.9 Å². The van der Waals surface area contributed by atoms with Crippen LogP contribution in [0.25, 0.3) is 6.08 Å². The molecule has 0 amide bonds. The summed E-state index contributed by atoms with van der Waals surface area (Å²) in [5.74, 6) is -0.875. The van der Waals surface area contributed by atoms with Gasteiger partial charge >= 0.3 is 6.18 Å². The standard InChI is InChI=1S/C25H24F4N2O3S/c26-22-8-1-16(2-9-22)3-10-23(32)18-5-4-17-12-20-6-7-21(13-19(17)11-18)24(20)14-31(15-25(27,28)29)35(33,34)30-24/h1-5,8-11,20-21,30H,6-7,12-15H2/b10-3+/t20-,21+,24+/m0/s1. The zero-order valence-electron chi connectivity index (χ0n) is 18.7. The summed E-state index contributed by atoms with van der Waals surface area (Å²) in [7, 11) is -4.24. The zero-order valence-corrected chi connectivity index (χ0v) is 19.5. The highest BCUT2D eigenvalue weighted by Crippen LogP contribution is 2.50. The topological polar surface area (TPSA) is 66.5 Å². The monoisotopic (exact) mass is 508 g/mol. The molecule has 2 fully saturated rings. The number of carbonyl (C=O) groups excluding carboxylic acids is 1. The molecule has 2 aromatic carbocycles. The Morgan fingerprint density at radius 3 is 2.37 bits per heavy atom. The third-order valence-corrected chi connectivity index (χ3v) is 9.07. The van der Waals surface area contributed by atoms with Crippen molar-refractivity contribution in [2.24, 2.45) is 11.8 Å². The van der Waals surface area contributed by atoms with Crippen LogP contribution in [0.4, 0.5) is 17.6 Å². The van der Waals surface area contributed by atoms with Crippen LogP contribution >= 0.6 is 0 Å². The lowest BCUT2D eigenvalue weighted by Gasteiger charge is -2.33. The quantitative estimate of drug-likeness (QED) is 0.381. The molecule has 1 heterocycles. The Morgan fingerprint density at radius 2 is 1.71 bits per heavy atom. The molecular formula is C25H24F4N2O3S. The van der Waals surface area contributed by atoms with Gasteiger partial charge in [0, 0.05) is 12.1 Å². The maximum atomic E-state index is 13.1. The van der Waals surface area contributed by atoms with Gasteiger partial charge in [-0.3, -0.25) is 4.79 Å². The SMILES string of the molecule is O=C(/C=C/c1ccc(F)cc1)c1ccc2c(c1)C[C@H]1CC[C@@H](C2)[C@]12CN(CC(F)(F)F)S(=O)(=O)N2. The van der Waals surface area contributed by atoms with Crippen molar-refractivity contribution in [2.75, 3.05) is 13.1 Å². The molecule has 3 atom stereocenters. The number of alkyl halides is 3. The highest BCUT2D eigenvalue weighted by atomic mass is 32.2. The van der Waals surface area contributed by atoms with E-state index < -0.39 is 28.5 Å². The first kappa shape index (κ1) is 24.1. The number of allylic oxidation sites excluding steroid dienone is 1. The first-order valence-corrected chi connectivity index (χ1v) is 12.8. The summed E-state index contributed by atoms with van der Waals surface area (Å²) < 4.78 is 80.5. The molecule has 1 saturated heterocycles. The fraction of sp³-hybridized carbons (Fsp3) is 0.400. The predicted octanol–water partition coefficient (Wildman–Crippen LogP) is 4.30. The number of halogens is 4. The number of ketones is 1. The van der Waals surface area contributed by atoms with Gasteiger partial charge in [0.2, 0.25) is 0 Å². The third kappa shape index (κ3) is 4.66. The largest absolute Gasteiger partial charge is 0.402 e. The van der Waals surface area contributed by atoms with E-state index in [-0.39, 0.29) is 30.0 Å². The number of hydrogen-bond donors (Lipinski definition) is 1. The highest BCUT2D eigenvalue weighted by Gasteiger charge is 2.60. The van der Waals surface area contributed by atoms with Crippen LogP contribution in [-0.2, 0) is 23.1 Å². The lowest BCUT2D eigenvalue weighted by atomic mass is 9.79. The van der Waals surface area contributed by atoms with Crippen molar-refractivity contribution in [1.82, 2.24) is 9.03 Å². The molecule has 35 heavy (non-hydrogen) atoms. The minimum absolute atomic E-state index is 0.123. The second kappa shape index (κ2) is 8.53. The van der Waals surface area contributed by atoms with Gasteiger partial charge in [0.25, 0.3) is 10.2 Å².